The number of rotatable bonds is 3. The van der Waals surface area contributed by atoms with Crippen molar-refractivity contribution in [2.75, 3.05) is 27.0 Å². The molecule has 0 radical (unpaired) electrons. The van der Waals surface area contributed by atoms with Gasteiger partial charge in [0.1, 0.15) is 5.75 Å². The monoisotopic (exact) mass is 358 g/mol. The van der Waals surface area contributed by atoms with Gasteiger partial charge in [-0.05, 0) is 24.6 Å². The van der Waals surface area contributed by atoms with Gasteiger partial charge in [0.05, 0.1) is 26.0 Å². The molecule has 0 saturated carbocycles. The summed E-state index contributed by atoms with van der Waals surface area (Å²) in [5.74, 6) is 0.180. The van der Waals surface area contributed by atoms with Crippen LogP contribution in [0, 0.1) is 0 Å². The first kappa shape index (κ1) is 16.5. The Morgan fingerprint density at radius 2 is 2.23 bits per heavy atom. The van der Waals surface area contributed by atoms with E-state index in [4.69, 9.17) is 9.47 Å². The van der Waals surface area contributed by atoms with E-state index >= 15 is 0 Å². The first-order chi connectivity index (χ1) is 12.7. The SMILES string of the molecule is COC(=O)c1cn([C@@H]2CCN(C(=O)c3ccc4c(c3)COCO4)C2)nn1. The van der Waals surface area contributed by atoms with Crippen molar-refractivity contribution in [2.45, 2.75) is 19.1 Å². The minimum atomic E-state index is -0.527. The summed E-state index contributed by atoms with van der Waals surface area (Å²) in [6.07, 6.45) is 2.30. The molecule has 1 amide bonds. The number of esters is 1. The Bertz CT molecular complexity index is 849. The molecule has 1 saturated heterocycles. The second-order valence-electron chi connectivity index (χ2n) is 6.20. The van der Waals surface area contributed by atoms with Crippen LogP contribution in [0.15, 0.2) is 24.4 Å². The summed E-state index contributed by atoms with van der Waals surface area (Å²) in [4.78, 5) is 26.1. The van der Waals surface area contributed by atoms with Gasteiger partial charge in [-0.3, -0.25) is 4.79 Å². The van der Waals surface area contributed by atoms with Gasteiger partial charge in [0.25, 0.3) is 5.91 Å². The van der Waals surface area contributed by atoms with Gasteiger partial charge in [-0.15, -0.1) is 5.10 Å². The number of likely N-dealkylation sites (tertiary alicyclic amines) is 1. The van der Waals surface area contributed by atoms with Crippen LogP contribution in [-0.2, 0) is 16.1 Å². The molecule has 1 atom stereocenters. The topological polar surface area (TPSA) is 95.8 Å². The van der Waals surface area contributed by atoms with E-state index in [2.05, 4.69) is 15.0 Å². The summed E-state index contributed by atoms with van der Waals surface area (Å²) in [7, 11) is 1.30. The Hall–Kier alpha value is -2.94. The van der Waals surface area contributed by atoms with Gasteiger partial charge in [-0.2, -0.15) is 0 Å². The van der Waals surface area contributed by atoms with Crippen molar-refractivity contribution < 1.29 is 23.8 Å². The third-order valence-corrected chi connectivity index (χ3v) is 4.59. The quantitative estimate of drug-likeness (QED) is 0.756. The van der Waals surface area contributed by atoms with Gasteiger partial charge in [0, 0.05) is 24.2 Å². The molecule has 0 unspecified atom stereocenters. The van der Waals surface area contributed by atoms with E-state index in [1.807, 2.05) is 6.07 Å². The van der Waals surface area contributed by atoms with Crippen LogP contribution in [0.25, 0.3) is 0 Å². The van der Waals surface area contributed by atoms with Crippen LogP contribution in [0.3, 0.4) is 0 Å². The van der Waals surface area contributed by atoms with Gasteiger partial charge in [0.2, 0.25) is 0 Å². The van der Waals surface area contributed by atoms with Crippen LogP contribution < -0.4 is 4.74 Å². The van der Waals surface area contributed by atoms with Gasteiger partial charge >= 0.3 is 5.97 Å². The Morgan fingerprint density at radius 1 is 1.35 bits per heavy atom. The molecule has 3 heterocycles. The van der Waals surface area contributed by atoms with Crippen LogP contribution >= 0.6 is 0 Å². The largest absolute Gasteiger partial charge is 0.467 e. The maximum absolute atomic E-state index is 12.8. The van der Waals surface area contributed by atoms with E-state index < -0.39 is 5.97 Å². The van der Waals surface area contributed by atoms with E-state index in [0.717, 1.165) is 17.7 Å². The van der Waals surface area contributed by atoms with E-state index in [9.17, 15) is 9.59 Å². The third-order valence-electron chi connectivity index (χ3n) is 4.59. The van der Waals surface area contributed by atoms with Crippen LogP contribution in [0.1, 0.15) is 38.9 Å². The second-order valence-corrected chi connectivity index (χ2v) is 6.20. The molecular weight excluding hydrogens is 340 g/mol. The maximum Gasteiger partial charge on any atom is 0.360 e. The molecule has 2 aliphatic heterocycles. The Balaban J connectivity index is 1.46. The second kappa shape index (κ2) is 6.75. The number of nitrogens with zero attached hydrogens (tertiary/aromatic N) is 4. The standard InChI is InChI=1S/C17H18N4O5/c1-24-17(23)14-8-21(19-18-14)13-4-5-20(7-13)16(22)11-2-3-15-12(6-11)9-25-10-26-15/h2-3,6,8,13H,4-5,7,9-10H2,1H3/t13-/m1/s1. The van der Waals surface area contributed by atoms with Gasteiger partial charge in [0.15, 0.2) is 12.5 Å². The smallest absolute Gasteiger partial charge is 0.360 e. The van der Waals surface area contributed by atoms with Gasteiger partial charge in [-0.25, -0.2) is 9.48 Å². The molecule has 136 valence electrons. The summed E-state index contributed by atoms with van der Waals surface area (Å²) >= 11 is 0. The van der Waals surface area contributed by atoms with Crippen molar-refractivity contribution in [1.82, 2.24) is 19.9 Å². The number of hydrogen-bond donors (Lipinski definition) is 0. The molecule has 1 aromatic heterocycles. The van der Waals surface area contributed by atoms with Crippen molar-refractivity contribution in [3.05, 3.63) is 41.2 Å². The summed E-state index contributed by atoms with van der Waals surface area (Å²) in [5, 5.41) is 7.80. The highest BCUT2D eigenvalue weighted by Crippen LogP contribution is 2.27. The van der Waals surface area contributed by atoms with Crippen LogP contribution in [0.5, 0.6) is 5.75 Å². The minimum absolute atomic E-state index is 0.0193. The molecule has 0 N–H and O–H groups in total. The van der Waals surface area contributed by atoms with Crippen molar-refractivity contribution in [3.63, 3.8) is 0 Å². The molecule has 2 aliphatic rings. The van der Waals surface area contributed by atoms with Crippen molar-refractivity contribution in [3.8, 4) is 5.75 Å². The van der Waals surface area contributed by atoms with E-state index in [1.165, 1.54) is 7.11 Å². The molecule has 26 heavy (non-hydrogen) atoms. The zero-order chi connectivity index (χ0) is 18.1. The number of fused-ring (bicyclic) bond motifs is 1. The van der Waals surface area contributed by atoms with Crippen molar-refractivity contribution in [2.24, 2.45) is 0 Å². The summed E-state index contributed by atoms with van der Waals surface area (Å²) in [6, 6.07) is 5.37. The normalized spacial score (nSPS) is 19.0. The van der Waals surface area contributed by atoms with Crippen molar-refractivity contribution >= 4 is 11.9 Å². The third kappa shape index (κ3) is 3.01. The fourth-order valence-corrected chi connectivity index (χ4v) is 3.20. The number of hydrogen-bond acceptors (Lipinski definition) is 7. The molecule has 1 fully saturated rings. The molecule has 0 bridgehead atoms. The summed E-state index contributed by atoms with van der Waals surface area (Å²) < 4.78 is 16.9. The highest BCUT2D eigenvalue weighted by molar-refractivity contribution is 5.94. The lowest BCUT2D eigenvalue weighted by atomic mass is 10.1. The molecule has 0 spiro atoms. The Kier molecular flexibility index (Phi) is 4.29. The number of aromatic nitrogens is 3. The van der Waals surface area contributed by atoms with Gasteiger partial charge in [-0.1, -0.05) is 5.21 Å². The van der Waals surface area contributed by atoms with Crippen LogP contribution in [0.4, 0.5) is 0 Å². The first-order valence-corrected chi connectivity index (χ1v) is 8.28. The summed E-state index contributed by atoms with van der Waals surface area (Å²) in [5.41, 5.74) is 1.64. The molecule has 0 aliphatic carbocycles. The predicted molar refractivity (Wildman–Crippen MR) is 87.6 cm³/mol. The molecule has 4 rings (SSSR count). The highest BCUT2D eigenvalue weighted by atomic mass is 16.7. The fraction of sp³-hybridized carbons (Fsp3) is 0.412. The predicted octanol–water partition coefficient (Wildman–Crippen LogP) is 1.02. The number of amides is 1. The van der Waals surface area contributed by atoms with E-state index in [-0.39, 0.29) is 24.4 Å². The highest BCUT2D eigenvalue weighted by Gasteiger charge is 2.30. The number of ether oxygens (including phenoxy) is 3. The molecular formula is C17H18N4O5. The summed E-state index contributed by atoms with van der Waals surface area (Å²) in [6.45, 7) is 1.79. The molecule has 2 aromatic rings. The molecule has 9 nitrogen and oxygen atoms in total. The van der Waals surface area contributed by atoms with E-state index in [0.29, 0.717) is 25.3 Å². The van der Waals surface area contributed by atoms with Crippen molar-refractivity contribution in [1.29, 1.82) is 0 Å². The van der Waals surface area contributed by atoms with Crippen LogP contribution in [0.2, 0.25) is 0 Å². The molecule has 9 heteroatoms. The van der Waals surface area contributed by atoms with Gasteiger partial charge < -0.3 is 19.1 Å². The average Bonchev–Trinajstić information content (AvgIpc) is 3.36. The lowest BCUT2D eigenvalue weighted by Gasteiger charge is -2.20. The molecule has 1 aromatic carbocycles. The first-order valence-electron chi connectivity index (χ1n) is 8.28. The zero-order valence-corrected chi connectivity index (χ0v) is 14.3. The average molecular weight is 358 g/mol. The minimum Gasteiger partial charge on any atom is -0.467 e. The Morgan fingerprint density at radius 3 is 3.08 bits per heavy atom. The fourth-order valence-electron chi connectivity index (χ4n) is 3.20. The van der Waals surface area contributed by atoms with E-state index in [1.54, 1.807) is 27.9 Å². The lowest BCUT2D eigenvalue weighted by Crippen LogP contribution is -2.29. The maximum atomic E-state index is 12.8. The van der Waals surface area contributed by atoms with Crippen LogP contribution in [-0.4, -0.2) is 58.8 Å². The number of carbonyl (C=O) groups excluding carboxylic acids is 2. The lowest BCUT2D eigenvalue weighted by molar-refractivity contribution is -0.0164. The zero-order valence-electron chi connectivity index (χ0n) is 14.3. The number of benzene rings is 1. The number of carbonyl (C=O) groups is 2. The Labute approximate surface area is 149 Å². The number of methoxy groups -OCH3 is 1.